The minimum atomic E-state index is -2.16. The zero-order valence-electron chi connectivity index (χ0n) is 7.65. The molecule has 0 saturated heterocycles. The van der Waals surface area contributed by atoms with Crippen molar-refractivity contribution in [2.24, 2.45) is 0 Å². The second-order valence-electron chi connectivity index (χ2n) is 3.04. The van der Waals surface area contributed by atoms with Crippen molar-refractivity contribution < 1.29 is 4.21 Å². The fourth-order valence-corrected chi connectivity index (χ4v) is 1.97. The molecule has 0 amide bonds. The molecule has 3 heteroatoms. The summed E-state index contributed by atoms with van der Waals surface area (Å²) < 4.78 is 11.7. The van der Waals surface area contributed by atoms with Crippen molar-refractivity contribution in [1.82, 2.24) is 0 Å². The number of rotatable bonds is 1. The lowest BCUT2D eigenvalue weighted by Gasteiger charge is -2.01. The van der Waals surface area contributed by atoms with Gasteiger partial charge in [0.25, 0.3) is 0 Å². The summed E-state index contributed by atoms with van der Waals surface area (Å²) in [5.41, 5.74) is 0.750. The molecule has 0 heterocycles. The van der Waals surface area contributed by atoms with Crippen LogP contribution >= 0.6 is 0 Å². The molecular weight excluding hydrogens is 182 g/mol. The molecule has 0 N–H and O–H groups in total. The van der Waals surface area contributed by atoms with Gasteiger partial charge in [0.2, 0.25) is 0 Å². The highest BCUT2D eigenvalue weighted by Crippen LogP contribution is 2.02. The van der Waals surface area contributed by atoms with Crippen LogP contribution < -0.4 is 0 Å². The van der Waals surface area contributed by atoms with Crippen LogP contribution in [-0.4, -0.2) is 21.6 Å². The summed E-state index contributed by atoms with van der Waals surface area (Å²) in [6.45, 7) is 0. The summed E-state index contributed by atoms with van der Waals surface area (Å²) >= 11 is 0. The predicted molar refractivity (Wildman–Crippen MR) is 56.2 cm³/mol. The van der Waals surface area contributed by atoms with Crippen LogP contribution in [0.25, 0.3) is 0 Å². The van der Waals surface area contributed by atoms with E-state index in [0.717, 1.165) is 5.56 Å². The minimum Gasteiger partial charge on any atom is -0.267 e. The van der Waals surface area contributed by atoms with E-state index >= 15 is 0 Å². The van der Waals surface area contributed by atoms with Crippen LogP contribution in [-0.2, 0) is 9.52 Å². The lowest BCUT2D eigenvalue weighted by molar-refractivity contribution is 0.688. The molecule has 0 aliphatic carbocycles. The molecule has 1 aromatic carbocycles. The maximum absolute atomic E-state index is 11.7. The van der Waals surface area contributed by atoms with Crippen molar-refractivity contribution in [2.75, 3.05) is 12.5 Å². The largest absolute Gasteiger partial charge is 0.267 e. The van der Waals surface area contributed by atoms with Crippen LogP contribution in [0.15, 0.2) is 30.3 Å². The first-order chi connectivity index (χ1) is 6.05. The Morgan fingerprint density at radius 1 is 1.31 bits per heavy atom. The number of hydrogen-bond donors (Lipinski definition) is 0. The molecule has 0 radical (unpaired) electrons. The molecular formula is C10H11NOS. The Labute approximate surface area is 78.8 Å². The molecule has 13 heavy (non-hydrogen) atoms. The van der Waals surface area contributed by atoms with Gasteiger partial charge in [-0.25, -0.2) is 0 Å². The van der Waals surface area contributed by atoms with E-state index in [1.165, 1.54) is 0 Å². The van der Waals surface area contributed by atoms with E-state index in [-0.39, 0.29) is 0 Å². The van der Waals surface area contributed by atoms with E-state index in [9.17, 15) is 4.21 Å². The van der Waals surface area contributed by atoms with Gasteiger partial charge in [0, 0.05) is 18.1 Å². The Bertz CT molecular complexity index is 440. The fraction of sp³-hybridized carbons (Fsp3) is 0.200. The Balaban J connectivity index is 3.42. The Kier molecular flexibility index (Phi) is 2.74. The summed E-state index contributed by atoms with van der Waals surface area (Å²) in [7, 11) is -2.16. The lowest BCUT2D eigenvalue weighted by Crippen LogP contribution is -2.10. The van der Waals surface area contributed by atoms with E-state index in [2.05, 4.69) is 0 Å². The molecule has 1 rings (SSSR count). The van der Waals surface area contributed by atoms with Gasteiger partial charge in [0.15, 0.2) is 0 Å². The third-order valence-electron chi connectivity index (χ3n) is 1.63. The number of hydrogen-bond acceptors (Lipinski definition) is 2. The van der Waals surface area contributed by atoms with Crippen molar-refractivity contribution in [1.29, 1.82) is 5.26 Å². The first kappa shape index (κ1) is 9.82. The van der Waals surface area contributed by atoms with Gasteiger partial charge >= 0.3 is 0 Å². The van der Waals surface area contributed by atoms with Crippen LogP contribution in [0.1, 0.15) is 5.56 Å². The van der Waals surface area contributed by atoms with Crippen molar-refractivity contribution >= 4 is 14.4 Å². The van der Waals surface area contributed by atoms with E-state index in [0.29, 0.717) is 4.86 Å². The zero-order valence-corrected chi connectivity index (χ0v) is 8.47. The molecule has 1 aromatic rings. The second-order valence-corrected chi connectivity index (χ2v) is 5.91. The topological polar surface area (TPSA) is 40.9 Å². The summed E-state index contributed by atoms with van der Waals surface area (Å²) in [4.78, 5) is 0.369. The number of nitriles is 1. The van der Waals surface area contributed by atoms with Crippen molar-refractivity contribution in [3.63, 3.8) is 0 Å². The van der Waals surface area contributed by atoms with E-state index in [1.54, 1.807) is 24.6 Å². The highest BCUT2D eigenvalue weighted by Gasteiger charge is 2.06. The summed E-state index contributed by atoms with van der Waals surface area (Å²) in [5, 5.41) is 8.85. The standard InChI is InChI=1S/C10H11NOS/c1-13(2,12)10(8-11)9-6-4-3-5-7-9/h3-7H,1-2H3. The normalized spacial score (nSPS) is 10.5. The smallest absolute Gasteiger partial charge is 0.111 e. The van der Waals surface area contributed by atoms with Crippen LogP contribution in [0.3, 0.4) is 0 Å². The van der Waals surface area contributed by atoms with Gasteiger partial charge in [0.1, 0.15) is 10.9 Å². The van der Waals surface area contributed by atoms with Crippen LogP contribution in [0.5, 0.6) is 0 Å². The third kappa shape index (κ3) is 2.33. The second kappa shape index (κ2) is 3.63. The molecule has 68 valence electrons. The first-order valence-electron chi connectivity index (χ1n) is 3.82. The quantitative estimate of drug-likeness (QED) is 0.498. The van der Waals surface area contributed by atoms with E-state index in [1.807, 2.05) is 24.3 Å². The molecule has 0 aromatic heterocycles. The molecule has 0 atom stereocenters. The molecule has 0 aliphatic rings. The van der Waals surface area contributed by atoms with Gasteiger partial charge in [0.05, 0.1) is 0 Å². The van der Waals surface area contributed by atoms with Crippen LogP contribution in [0, 0.1) is 11.3 Å². The molecule has 0 aliphatic heterocycles. The molecule has 0 saturated carbocycles. The third-order valence-corrected chi connectivity index (χ3v) is 2.94. The fourth-order valence-electron chi connectivity index (χ4n) is 1.05. The monoisotopic (exact) mass is 193 g/mol. The van der Waals surface area contributed by atoms with Crippen molar-refractivity contribution in [2.45, 2.75) is 0 Å². The summed E-state index contributed by atoms with van der Waals surface area (Å²) in [6, 6.07) is 11.1. The highest BCUT2D eigenvalue weighted by molar-refractivity contribution is 8.01. The lowest BCUT2D eigenvalue weighted by atomic mass is 10.2. The highest BCUT2D eigenvalue weighted by atomic mass is 32.2. The summed E-state index contributed by atoms with van der Waals surface area (Å²) in [5.74, 6) is 0. The van der Waals surface area contributed by atoms with Gasteiger partial charge in [-0.3, -0.25) is 4.21 Å². The van der Waals surface area contributed by atoms with Crippen molar-refractivity contribution in [3.05, 3.63) is 35.9 Å². The van der Waals surface area contributed by atoms with E-state index in [4.69, 9.17) is 5.26 Å². The van der Waals surface area contributed by atoms with Gasteiger partial charge in [-0.2, -0.15) is 5.26 Å². The minimum absolute atomic E-state index is 0.369. The SMILES string of the molecule is CS(C)(=O)=C(C#N)c1ccccc1. The van der Waals surface area contributed by atoms with Crippen LogP contribution in [0.2, 0.25) is 0 Å². The van der Waals surface area contributed by atoms with Crippen molar-refractivity contribution in [3.8, 4) is 6.07 Å². The molecule has 2 nitrogen and oxygen atoms in total. The van der Waals surface area contributed by atoms with Gasteiger partial charge in [-0.15, -0.1) is 0 Å². The Hall–Kier alpha value is -1.27. The predicted octanol–water partition coefficient (Wildman–Crippen LogP) is 1.27. The maximum atomic E-state index is 11.7. The Morgan fingerprint density at radius 3 is 2.23 bits per heavy atom. The zero-order chi connectivity index (χ0) is 9.90. The molecule has 0 bridgehead atoms. The average molecular weight is 193 g/mol. The summed E-state index contributed by atoms with van der Waals surface area (Å²) in [6.07, 6.45) is 3.16. The molecule has 0 unspecified atom stereocenters. The molecule has 0 spiro atoms. The maximum Gasteiger partial charge on any atom is 0.111 e. The van der Waals surface area contributed by atoms with Gasteiger partial charge in [-0.05, 0) is 9.52 Å². The van der Waals surface area contributed by atoms with Crippen LogP contribution in [0.4, 0.5) is 0 Å². The van der Waals surface area contributed by atoms with Gasteiger partial charge < -0.3 is 0 Å². The Morgan fingerprint density at radius 2 is 1.85 bits per heavy atom. The van der Waals surface area contributed by atoms with Gasteiger partial charge in [-0.1, -0.05) is 30.3 Å². The number of nitrogens with zero attached hydrogens (tertiary/aromatic N) is 1. The number of benzene rings is 1. The first-order valence-corrected chi connectivity index (χ1v) is 6.20. The van der Waals surface area contributed by atoms with E-state index < -0.39 is 9.52 Å². The average Bonchev–Trinajstić information content (AvgIpc) is 2.05. The molecule has 0 fully saturated rings.